The summed E-state index contributed by atoms with van der Waals surface area (Å²) in [5.74, 6) is -2.79. The highest BCUT2D eigenvalue weighted by molar-refractivity contribution is 5.73. The van der Waals surface area contributed by atoms with Crippen LogP contribution in [0.4, 0.5) is 4.39 Å². The molecule has 1 heterocycles. The smallest absolute Gasteiger partial charge is 0.305 e. The number of halogens is 1. The largest absolute Gasteiger partial charge is 0.463 e. The molecule has 1 rings (SSSR count). The first-order chi connectivity index (χ1) is 11.1. The first kappa shape index (κ1) is 19.8. The van der Waals surface area contributed by atoms with Crippen LogP contribution in [0.3, 0.4) is 0 Å². The molecule has 0 bridgehead atoms. The normalized spacial score (nSPS) is 29.3. The molecule has 0 aromatic carbocycles. The Morgan fingerprint density at radius 2 is 1.58 bits per heavy atom. The van der Waals surface area contributed by atoms with Crippen molar-refractivity contribution < 1.29 is 42.5 Å². The first-order valence-corrected chi connectivity index (χ1v) is 7.16. The maximum absolute atomic E-state index is 14.8. The third-order valence-corrected chi connectivity index (χ3v) is 3.03. The molecule has 5 atom stereocenters. The van der Waals surface area contributed by atoms with Gasteiger partial charge >= 0.3 is 17.9 Å². The van der Waals surface area contributed by atoms with E-state index >= 15 is 0 Å². The van der Waals surface area contributed by atoms with Gasteiger partial charge in [0.05, 0.1) is 0 Å². The van der Waals surface area contributed by atoms with Gasteiger partial charge in [-0.3, -0.25) is 19.2 Å². The second-order valence-electron chi connectivity index (χ2n) is 5.20. The Bertz CT molecular complexity index is 509. The molecule has 0 unspecified atom stereocenters. The number of nitrogens with one attached hydrogen (secondary N) is 1. The molecule has 0 aromatic rings. The number of ether oxygens (including phenoxy) is 4. The molecule has 0 spiro atoms. The van der Waals surface area contributed by atoms with Crippen LogP contribution < -0.4 is 5.32 Å². The van der Waals surface area contributed by atoms with Crippen molar-refractivity contribution in [1.29, 1.82) is 0 Å². The second kappa shape index (κ2) is 8.57. The van der Waals surface area contributed by atoms with Gasteiger partial charge < -0.3 is 24.3 Å². The van der Waals surface area contributed by atoms with E-state index in [0.29, 0.717) is 0 Å². The van der Waals surface area contributed by atoms with Gasteiger partial charge in [-0.05, 0) is 0 Å². The average Bonchev–Trinajstić information content (AvgIpc) is 2.42. The first-order valence-electron chi connectivity index (χ1n) is 7.16. The van der Waals surface area contributed by atoms with Crippen LogP contribution >= 0.6 is 0 Å². The van der Waals surface area contributed by atoms with Gasteiger partial charge in [0.2, 0.25) is 12.2 Å². The maximum Gasteiger partial charge on any atom is 0.305 e. The van der Waals surface area contributed by atoms with Crippen molar-refractivity contribution in [3.8, 4) is 0 Å². The Morgan fingerprint density at radius 3 is 2.04 bits per heavy atom. The summed E-state index contributed by atoms with van der Waals surface area (Å²) in [7, 11) is 0. The van der Waals surface area contributed by atoms with E-state index in [1.165, 1.54) is 0 Å². The third kappa shape index (κ3) is 5.76. The Kier molecular flexibility index (Phi) is 7.08. The van der Waals surface area contributed by atoms with Gasteiger partial charge in [0.1, 0.15) is 18.8 Å². The molecule has 1 aliphatic heterocycles. The van der Waals surface area contributed by atoms with Gasteiger partial charge in [0.15, 0.2) is 12.3 Å². The van der Waals surface area contributed by atoms with Crippen molar-refractivity contribution in [1.82, 2.24) is 5.32 Å². The van der Waals surface area contributed by atoms with Crippen LogP contribution in [0, 0.1) is 0 Å². The van der Waals surface area contributed by atoms with Crippen molar-refractivity contribution in [3.05, 3.63) is 0 Å². The number of carbonyl (C=O) groups excluding carboxylic acids is 4. The van der Waals surface area contributed by atoms with Crippen molar-refractivity contribution >= 4 is 23.8 Å². The number of alkyl halides is 1. The summed E-state index contributed by atoms with van der Waals surface area (Å²) in [5.41, 5.74) is 0. The van der Waals surface area contributed by atoms with Crippen LogP contribution in [-0.2, 0) is 38.1 Å². The predicted molar refractivity (Wildman–Crippen MR) is 75.1 cm³/mol. The Labute approximate surface area is 137 Å². The number of hydrogen-bond donors (Lipinski definition) is 1. The molecule has 1 saturated heterocycles. The minimum absolute atomic E-state index is 0.418. The number of amides is 1. The van der Waals surface area contributed by atoms with Crippen LogP contribution in [0.1, 0.15) is 27.7 Å². The number of carbonyl (C=O) groups is 4. The van der Waals surface area contributed by atoms with Crippen LogP contribution in [0.15, 0.2) is 0 Å². The molecule has 1 fully saturated rings. The zero-order chi connectivity index (χ0) is 18.4. The lowest BCUT2D eigenvalue weighted by Gasteiger charge is -2.42. The second-order valence-corrected chi connectivity index (χ2v) is 5.20. The van der Waals surface area contributed by atoms with E-state index in [9.17, 15) is 23.6 Å². The number of rotatable bonds is 5. The lowest BCUT2D eigenvalue weighted by atomic mass is 9.97. The molecule has 1 aliphatic rings. The zero-order valence-corrected chi connectivity index (χ0v) is 13.7. The van der Waals surface area contributed by atoms with Gasteiger partial charge in [-0.2, -0.15) is 0 Å². The average molecular weight is 349 g/mol. The van der Waals surface area contributed by atoms with Crippen LogP contribution in [-0.4, -0.2) is 61.1 Å². The van der Waals surface area contributed by atoms with Crippen molar-refractivity contribution in [3.63, 3.8) is 0 Å². The highest BCUT2D eigenvalue weighted by Crippen LogP contribution is 2.27. The topological polar surface area (TPSA) is 117 Å². The van der Waals surface area contributed by atoms with E-state index in [0.717, 1.165) is 27.7 Å². The lowest BCUT2D eigenvalue weighted by molar-refractivity contribution is -0.259. The summed E-state index contributed by atoms with van der Waals surface area (Å²) in [4.78, 5) is 44.6. The fraction of sp³-hybridized carbons (Fsp3) is 0.714. The third-order valence-electron chi connectivity index (χ3n) is 3.03. The highest BCUT2D eigenvalue weighted by Gasteiger charge is 2.50. The fourth-order valence-electron chi connectivity index (χ4n) is 2.21. The molecule has 0 saturated carbocycles. The Morgan fingerprint density at radius 1 is 1.00 bits per heavy atom. The quantitative estimate of drug-likeness (QED) is 0.527. The molecule has 24 heavy (non-hydrogen) atoms. The van der Waals surface area contributed by atoms with Gasteiger partial charge in [0.25, 0.3) is 0 Å². The minimum atomic E-state index is -1.95. The van der Waals surface area contributed by atoms with Gasteiger partial charge in [-0.25, -0.2) is 4.39 Å². The monoisotopic (exact) mass is 349 g/mol. The summed E-state index contributed by atoms with van der Waals surface area (Å²) in [5, 5.41) is 2.26. The standard InChI is InChI=1S/C14H20FNO8/c1-6(17)16-12-11(15)13(22-8(3)19)10(5-21-7(2)18)24-14(12)23-9(4)20/h10-14H,5H2,1-4H3,(H,16,17)/t10-,11+,12+,13-,14+/m1/s1. The lowest BCUT2D eigenvalue weighted by Crippen LogP contribution is -2.64. The van der Waals surface area contributed by atoms with E-state index in [1.807, 2.05) is 0 Å². The van der Waals surface area contributed by atoms with Crippen LogP contribution in [0.25, 0.3) is 0 Å². The molecular formula is C14H20FNO8. The van der Waals surface area contributed by atoms with E-state index in [1.54, 1.807) is 0 Å². The molecule has 0 aliphatic carbocycles. The highest BCUT2D eigenvalue weighted by atomic mass is 19.1. The maximum atomic E-state index is 14.8. The van der Waals surface area contributed by atoms with E-state index in [2.05, 4.69) is 5.32 Å². The summed E-state index contributed by atoms with van der Waals surface area (Å²) in [6, 6.07) is -1.38. The fourth-order valence-corrected chi connectivity index (χ4v) is 2.21. The molecule has 136 valence electrons. The summed E-state index contributed by atoms with van der Waals surface area (Å²) < 4.78 is 34.7. The molecular weight excluding hydrogens is 329 g/mol. The van der Waals surface area contributed by atoms with Crippen LogP contribution in [0.5, 0.6) is 0 Å². The summed E-state index contributed by atoms with van der Waals surface area (Å²) in [6.45, 7) is 4.02. The van der Waals surface area contributed by atoms with Crippen molar-refractivity contribution in [2.75, 3.05) is 6.61 Å². The Balaban J connectivity index is 3.04. The van der Waals surface area contributed by atoms with Crippen molar-refractivity contribution in [2.24, 2.45) is 0 Å². The SMILES string of the molecule is CC(=O)N[C@@H]1[C@@H](OC(C)=O)O[C@H](COC(C)=O)[C@@H](OC(C)=O)[C@H]1F. The van der Waals surface area contributed by atoms with Crippen molar-refractivity contribution in [2.45, 2.75) is 58.4 Å². The minimum Gasteiger partial charge on any atom is -0.463 e. The summed E-state index contributed by atoms with van der Waals surface area (Å²) >= 11 is 0. The van der Waals surface area contributed by atoms with Gasteiger partial charge in [0, 0.05) is 27.7 Å². The molecule has 10 heteroatoms. The Hall–Kier alpha value is -2.23. The molecule has 0 radical (unpaired) electrons. The van der Waals surface area contributed by atoms with Gasteiger partial charge in [-0.15, -0.1) is 0 Å². The van der Waals surface area contributed by atoms with E-state index < -0.39 is 61.1 Å². The predicted octanol–water partition coefficient (Wildman–Crippen LogP) is -0.388. The van der Waals surface area contributed by atoms with E-state index in [-0.39, 0.29) is 0 Å². The van der Waals surface area contributed by atoms with Gasteiger partial charge in [-0.1, -0.05) is 0 Å². The number of hydrogen-bond acceptors (Lipinski definition) is 8. The molecule has 1 N–H and O–H groups in total. The van der Waals surface area contributed by atoms with E-state index in [4.69, 9.17) is 18.9 Å². The zero-order valence-electron chi connectivity index (χ0n) is 13.7. The molecule has 9 nitrogen and oxygen atoms in total. The van der Waals surface area contributed by atoms with Crippen LogP contribution in [0.2, 0.25) is 0 Å². The molecule has 1 amide bonds. The summed E-state index contributed by atoms with van der Waals surface area (Å²) in [6.07, 6.45) is -6.07. The molecule has 0 aromatic heterocycles. The number of esters is 3.